The Kier molecular flexibility index (Phi) is 6.94. The summed E-state index contributed by atoms with van der Waals surface area (Å²) in [5.74, 6) is 1.02. The Balaban J connectivity index is 0.00000196. The number of amides is 1. The molecule has 3 N–H and O–H groups in total. The molecule has 1 amide bonds. The van der Waals surface area contributed by atoms with Crippen LogP contribution in [0.1, 0.15) is 20.3 Å². The molecule has 0 atom stereocenters. The molecule has 1 fully saturated rings. The molecule has 206 valence electrons. The van der Waals surface area contributed by atoms with E-state index in [0.29, 0.717) is 65.9 Å². The molecular formula is C23H35N11O3S. The second-order valence-electron chi connectivity index (χ2n) is 9.16. The van der Waals surface area contributed by atoms with Gasteiger partial charge in [-0.15, -0.1) is 0 Å². The number of nitrogens with zero attached hydrogens (tertiary/aromatic N) is 8. The number of aryl methyl sites for hydroxylation is 3. The van der Waals surface area contributed by atoms with Crippen molar-refractivity contribution < 1.29 is 17.5 Å². The average molecular weight is 546 g/mol. The first-order valence-corrected chi connectivity index (χ1v) is 13.9. The van der Waals surface area contributed by atoms with Crippen molar-refractivity contribution in [1.82, 2.24) is 44.7 Å². The maximum Gasteiger partial charge on any atom is 0.252 e. The molecule has 5 rings (SSSR count). The molecule has 0 unspecified atom stereocenters. The van der Waals surface area contributed by atoms with Crippen molar-refractivity contribution in [3.8, 4) is 0 Å². The Hall–Kier alpha value is -4.11. The standard InChI is InChI=1S/C23H29N11O3S.3H2/c1-15-19(10-16(11-25-15)22(35)24-4-5-34-6-8-38(36,37)9-7-34)29-20-18-13-26-23(30-21(18)33(3)31-20)28-17-12-27-32(2)14-17;;;/h10-14H,4-9H2,1-3H3,(H,24,35)(H,29,31)(H,26,28,30);3*1H. The highest BCUT2D eigenvalue weighted by Crippen LogP contribution is 2.26. The summed E-state index contributed by atoms with van der Waals surface area (Å²) in [7, 11) is 0.695. The summed E-state index contributed by atoms with van der Waals surface area (Å²) in [5.41, 5.74) is 3.13. The molecule has 1 aliphatic rings. The zero-order valence-electron chi connectivity index (χ0n) is 21.3. The number of anilines is 4. The fraction of sp³-hybridized carbons (Fsp3) is 0.391. The van der Waals surface area contributed by atoms with Gasteiger partial charge in [0.2, 0.25) is 5.95 Å². The summed E-state index contributed by atoms with van der Waals surface area (Å²) in [5, 5.41) is 18.7. The van der Waals surface area contributed by atoms with E-state index in [1.807, 2.05) is 25.1 Å². The molecule has 0 spiro atoms. The molecule has 5 heterocycles. The minimum absolute atomic E-state index is 0. The zero-order chi connectivity index (χ0) is 26.9. The van der Waals surface area contributed by atoms with Crippen molar-refractivity contribution in [3.05, 3.63) is 42.1 Å². The summed E-state index contributed by atoms with van der Waals surface area (Å²) in [6.45, 7) is 3.81. The van der Waals surface area contributed by atoms with Crippen LogP contribution in [-0.4, -0.2) is 91.4 Å². The van der Waals surface area contributed by atoms with E-state index in [1.54, 1.807) is 34.9 Å². The predicted octanol–water partition coefficient (Wildman–Crippen LogP) is 1.49. The lowest BCUT2D eigenvalue weighted by Gasteiger charge is -2.26. The summed E-state index contributed by atoms with van der Waals surface area (Å²) in [6, 6.07) is 1.73. The van der Waals surface area contributed by atoms with Crippen LogP contribution < -0.4 is 16.0 Å². The lowest BCUT2D eigenvalue weighted by atomic mass is 10.2. The van der Waals surface area contributed by atoms with Gasteiger partial charge in [0.1, 0.15) is 0 Å². The molecule has 0 radical (unpaired) electrons. The molecule has 1 aliphatic heterocycles. The van der Waals surface area contributed by atoms with Crippen LogP contribution in [0.2, 0.25) is 0 Å². The van der Waals surface area contributed by atoms with Gasteiger partial charge in [-0.25, -0.2) is 18.1 Å². The van der Waals surface area contributed by atoms with Gasteiger partial charge >= 0.3 is 0 Å². The van der Waals surface area contributed by atoms with Crippen LogP contribution in [-0.2, 0) is 23.9 Å². The number of aromatic nitrogens is 7. The van der Waals surface area contributed by atoms with Gasteiger partial charge in [0.25, 0.3) is 5.91 Å². The van der Waals surface area contributed by atoms with E-state index >= 15 is 0 Å². The number of pyridine rings is 1. The van der Waals surface area contributed by atoms with Crippen LogP contribution in [0.3, 0.4) is 0 Å². The van der Waals surface area contributed by atoms with Crippen LogP contribution in [0.25, 0.3) is 11.0 Å². The number of carbonyl (C=O) groups excluding carboxylic acids is 1. The minimum Gasteiger partial charge on any atom is -0.351 e. The maximum absolute atomic E-state index is 12.8. The second kappa shape index (κ2) is 10.3. The number of rotatable bonds is 8. The molecule has 1 saturated heterocycles. The van der Waals surface area contributed by atoms with Gasteiger partial charge in [-0.2, -0.15) is 15.2 Å². The third-order valence-electron chi connectivity index (χ3n) is 6.29. The first-order chi connectivity index (χ1) is 18.2. The number of sulfone groups is 1. The molecule has 0 saturated carbocycles. The van der Waals surface area contributed by atoms with Crippen molar-refractivity contribution in [1.29, 1.82) is 0 Å². The second-order valence-corrected chi connectivity index (χ2v) is 11.5. The summed E-state index contributed by atoms with van der Waals surface area (Å²) in [6.07, 6.45) is 6.72. The van der Waals surface area contributed by atoms with Crippen molar-refractivity contribution in [2.24, 2.45) is 14.1 Å². The quantitative estimate of drug-likeness (QED) is 0.294. The van der Waals surface area contributed by atoms with E-state index in [-0.39, 0.29) is 21.7 Å². The Morgan fingerprint density at radius 2 is 1.89 bits per heavy atom. The highest BCUT2D eigenvalue weighted by Gasteiger charge is 2.21. The SMILES string of the molecule is Cc1ncc(C(=O)NCCN2CCS(=O)(=O)CC2)cc1Nc1nn(C)c2nc(Nc3cnn(C)c3)ncc12.[HH].[HH].[HH]. The summed E-state index contributed by atoms with van der Waals surface area (Å²) < 4.78 is 26.5. The van der Waals surface area contributed by atoms with Crippen LogP contribution in [0.15, 0.2) is 30.9 Å². The lowest BCUT2D eigenvalue weighted by Crippen LogP contribution is -2.43. The number of nitrogens with one attached hydrogen (secondary N) is 3. The summed E-state index contributed by atoms with van der Waals surface area (Å²) >= 11 is 0. The first-order valence-electron chi connectivity index (χ1n) is 12.1. The smallest absolute Gasteiger partial charge is 0.252 e. The zero-order valence-corrected chi connectivity index (χ0v) is 22.2. The Labute approximate surface area is 223 Å². The molecular weight excluding hydrogens is 510 g/mol. The van der Waals surface area contributed by atoms with Crippen LogP contribution in [0, 0.1) is 6.92 Å². The Bertz CT molecular complexity index is 1600. The van der Waals surface area contributed by atoms with Crippen molar-refractivity contribution in [2.45, 2.75) is 6.92 Å². The molecule has 14 nitrogen and oxygen atoms in total. The van der Waals surface area contributed by atoms with E-state index in [9.17, 15) is 13.2 Å². The lowest BCUT2D eigenvalue weighted by molar-refractivity contribution is 0.0948. The van der Waals surface area contributed by atoms with E-state index < -0.39 is 9.84 Å². The van der Waals surface area contributed by atoms with Gasteiger partial charge in [-0.05, 0) is 13.0 Å². The molecule has 4 aromatic heterocycles. The molecule has 4 aromatic rings. The molecule has 0 aromatic carbocycles. The van der Waals surface area contributed by atoms with Crippen molar-refractivity contribution in [3.63, 3.8) is 0 Å². The highest BCUT2D eigenvalue weighted by molar-refractivity contribution is 7.91. The predicted molar refractivity (Wildman–Crippen MR) is 149 cm³/mol. The normalized spacial score (nSPS) is 15.4. The van der Waals surface area contributed by atoms with Gasteiger partial charge in [0.15, 0.2) is 21.3 Å². The van der Waals surface area contributed by atoms with Crippen molar-refractivity contribution in [2.75, 3.05) is 48.3 Å². The average Bonchev–Trinajstić information content (AvgIpc) is 3.43. The molecule has 38 heavy (non-hydrogen) atoms. The molecule has 15 heteroatoms. The van der Waals surface area contributed by atoms with E-state index in [1.165, 1.54) is 6.20 Å². The van der Waals surface area contributed by atoms with Gasteiger partial charge < -0.3 is 16.0 Å². The monoisotopic (exact) mass is 545 g/mol. The van der Waals surface area contributed by atoms with Gasteiger partial charge in [-0.3, -0.25) is 19.4 Å². The minimum atomic E-state index is -2.93. The Morgan fingerprint density at radius 3 is 2.63 bits per heavy atom. The largest absolute Gasteiger partial charge is 0.351 e. The van der Waals surface area contributed by atoms with E-state index in [2.05, 4.69) is 41.1 Å². The number of hydrogen-bond donors (Lipinski definition) is 3. The van der Waals surface area contributed by atoms with Gasteiger partial charge in [0.05, 0.1) is 45.7 Å². The maximum atomic E-state index is 12.8. The number of fused-ring (bicyclic) bond motifs is 1. The fourth-order valence-electron chi connectivity index (χ4n) is 4.12. The molecule has 0 bridgehead atoms. The van der Waals surface area contributed by atoms with Gasteiger partial charge in [-0.1, -0.05) is 0 Å². The van der Waals surface area contributed by atoms with Crippen LogP contribution >= 0.6 is 0 Å². The first kappa shape index (κ1) is 25.5. The van der Waals surface area contributed by atoms with Gasteiger partial charge in [0, 0.05) is 63.1 Å². The Morgan fingerprint density at radius 1 is 1.11 bits per heavy atom. The van der Waals surface area contributed by atoms with E-state index in [4.69, 9.17) is 0 Å². The number of carbonyl (C=O) groups is 1. The van der Waals surface area contributed by atoms with Crippen LogP contribution in [0.5, 0.6) is 0 Å². The third kappa shape index (κ3) is 5.73. The summed E-state index contributed by atoms with van der Waals surface area (Å²) in [4.78, 5) is 28.2. The number of hydrogen-bond acceptors (Lipinski definition) is 11. The molecule has 0 aliphatic carbocycles. The van der Waals surface area contributed by atoms with Crippen LogP contribution in [0.4, 0.5) is 23.1 Å². The highest BCUT2D eigenvalue weighted by atomic mass is 32.2. The van der Waals surface area contributed by atoms with Crippen molar-refractivity contribution >= 4 is 49.9 Å². The third-order valence-corrected chi connectivity index (χ3v) is 7.90. The van der Waals surface area contributed by atoms with E-state index in [0.717, 1.165) is 5.69 Å². The topological polar surface area (TPSA) is 165 Å². The fourth-order valence-corrected chi connectivity index (χ4v) is 5.40.